The van der Waals surface area contributed by atoms with Gasteiger partial charge >= 0.3 is 0 Å². The molecule has 0 bridgehead atoms. The zero-order valence-electron chi connectivity index (χ0n) is 8.19. The predicted molar refractivity (Wildman–Crippen MR) is 52.1 cm³/mol. The second-order valence-corrected chi connectivity index (χ2v) is 3.29. The highest BCUT2D eigenvalue weighted by Crippen LogP contribution is 2.00. The van der Waals surface area contributed by atoms with Crippen molar-refractivity contribution in [2.75, 3.05) is 0 Å². The lowest BCUT2D eigenvalue weighted by Crippen LogP contribution is -2.02. The van der Waals surface area contributed by atoms with Crippen molar-refractivity contribution in [3.05, 3.63) is 24.3 Å². The lowest BCUT2D eigenvalue weighted by Gasteiger charge is -1.96. The molecule has 1 aromatic heterocycles. The molecule has 3 heteroatoms. The molecule has 0 saturated carbocycles. The lowest BCUT2D eigenvalue weighted by atomic mass is 10.1. The Morgan fingerprint density at radius 1 is 1.62 bits per heavy atom. The van der Waals surface area contributed by atoms with Crippen molar-refractivity contribution >= 4 is 11.9 Å². The molecule has 0 aliphatic carbocycles. The molecule has 0 aliphatic rings. The maximum absolute atomic E-state index is 11.2. The number of allylic oxidation sites excluding steroid dienone is 1. The molecule has 0 aromatic carbocycles. The number of nitrogens with zero attached hydrogens (tertiary/aromatic N) is 2. The third kappa shape index (κ3) is 2.54. The average molecular weight is 178 g/mol. The predicted octanol–water partition coefficient (Wildman–Crippen LogP) is 1.66. The molecule has 0 aliphatic heterocycles. The summed E-state index contributed by atoms with van der Waals surface area (Å²) in [5.74, 6) is 0.980. The van der Waals surface area contributed by atoms with Crippen LogP contribution in [0.25, 0.3) is 6.08 Å². The van der Waals surface area contributed by atoms with E-state index >= 15 is 0 Å². The highest BCUT2D eigenvalue weighted by molar-refractivity contribution is 5.94. The van der Waals surface area contributed by atoms with Crippen molar-refractivity contribution in [1.82, 2.24) is 9.55 Å². The van der Waals surface area contributed by atoms with E-state index in [1.54, 1.807) is 18.3 Å². The van der Waals surface area contributed by atoms with Crippen molar-refractivity contribution in [3.63, 3.8) is 0 Å². The number of rotatable bonds is 3. The summed E-state index contributed by atoms with van der Waals surface area (Å²) in [5, 5.41) is 0. The first-order chi connectivity index (χ1) is 6.11. The fourth-order valence-electron chi connectivity index (χ4n) is 0.887. The van der Waals surface area contributed by atoms with Crippen LogP contribution in [0.15, 0.2) is 18.5 Å². The standard InChI is InChI=1S/C10H14N2O/c1-8(2)9(13)4-5-10-11-6-7-12(10)3/h4-8H,1-3H3/b5-4+. The Bertz CT molecular complexity index is 323. The minimum atomic E-state index is 0.0523. The molecule has 1 heterocycles. The summed E-state index contributed by atoms with van der Waals surface area (Å²) in [7, 11) is 1.90. The molecule has 0 atom stereocenters. The summed E-state index contributed by atoms with van der Waals surface area (Å²) in [6, 6.07) is 0. The van der Waals surface area contributed by atoms with E-state index < -0.39 is 0 Å². The summed E-state index contributed by atoms with van der Waals surface area (Å²) >= 11 is 0. The first-order valence-corrected chi connectivity index (χ1v) is 4.30. The quantitative estimate of drug-likeness (QED) is 0.660. The third-order valence-corrected chi connectivity index (χ3v) is 1.82. The van der Waals surface area contributed by atoms with Crippen LogP contribution < -0.4 is 0 Å². The molecular formula is C10H14N2O. The van der Waals surface area contributed by atoms with Gasteiger partial charge in [-0.05, 0) is 12.2 Å². The summed E-state index contributed by atoms with van der Waals surface area (Å²) in [4.78, 5) is 15.3. The van der Waals surface area contributed by atoms with Gasteiger partial charge in [-0.1, -0.05) is 13.8 Å². The van der Waals surface area contributed by atoms with Crippen LogP contribution >= 0.6 is 0 Å². The van der Waals surface area contributed by atoms with Crippen LogP contribution in [-0.2, 0) is 11.8 Å². The van der Waals surface area contributed by atoms with Gasteiger partial charge in [0, 0.05) is 25.4 Å². The third-order valence-electron chi connectivity index (χ3n) is 1.82. The maximum Gasteiger partial charge on any atom is 0.158 e. The van der Waals surface area contributed by atoms with E-state index in [9.17, 15) is 4.79 Å². The number of carbonyl (C=O) groups excluding carboxylic acids is 1. The van der Waals surface area contributed by atoms with Crippen LogP contribution in [0.3, 0.4) is 0 Å². The van der Waals surface area contributed by atoms with E-state index in [1.165, 1.54) is 0 Å². The lowest BCUT2D eigenvalue weighted by molar-refractivity contribution is -0.117. The summed E-state index contributed by atoms with van der Waals surface area (Å²) in [5.41, 5.74) is 0. The van der Waals surface area contributed by atoms with Crippen LogP contribution in [0.1, 0.15) is 19.7 Å². The molecule has 0 N–H and O–H groups in total. The molecule has 70 valence electrons. The van der Waals surface area contributed by atoms with Gasteiger partial charge in [0.2, 0.25) is 0 Å². The Labute approximate surface area is 78.1 Å². The Hall–Kier alpha value is -1.38. The van der Waals surface area contributed by atoms with E-state index in [4.69, 9.17) is 0 Å². The van der Waals surface area contributed by atoms with E-state index in [1.807, 2.05) is 31.7 Å². The summed E-state index contributed by atoms with van der Waals surface area (Å²) in [6.07, 6.45) is 6.87. The number of imidazole rings is 1. The Kier molecular flexibility index (Phi) is 3.01. The normalized spacial score (nSPS) is 11.4. The molecule has 0 fully saturated rings. The second kappa shape index (κ2) is 4.03. The van der Waals surface area contributed by atoms with E-state index in [-0.39, 0.29) is 11.7 Å². The first kappa shape index (κ1) is 9.71. The van der Waals surface area contributed by atoms with Crippen molar-refractivity contribution in [2.45, 2.75) is 13.8 Å². The van der Waals surface area contributed by atoms with E-state index in [2.05, 4.69) is 4.98 Å². The zero-order valence-corrected chi connectivity index (χ0v) is 8.19. The Morgan fingerprint density at radius 3 is 2.77 bits per heavy atom. The molecule has 1 rings (SSSR count). The van der Waals surface area contributed by atoms with Gasteiger partial charge in [0.05, 0.1) is 0 Å². The van der Waals surface area contributed by atoms with E-state index in [0.717, 1.165) is 5.82 Å². The Morgan fingerprint density at radius 2 is 2.31 bits per heavy atom. The van der Waals surface area contributed by atoms with Crippen molar-refractivity contribution in [2.24, 2.45) is 13.0 Å². The summed E-state index contributed by atoms with van der Waals surface area (Å²) in [6.45, 7) is 3.76. The van der Waals surface area contributed by atoms with Gasteiger partial charge in [0.25, 0.3) is 0 Å². The van der Waals surface area contributed by atoms with Gasteiger partial charge in [-0.2, -0.15) is 0 Å². The summed E-state index contributed by atoms with van der Waals surface area (Å²) < 4.78 is 1.87. The van der Waals surface area contributed by atoms with E-state index in [0.29, 0.717) is 0 Å². The topological polar surface area (TPSA) is 34.9 Å². The molecule has 3 nitrogen and oxygen atoms in total. The fourth-order valence-corrected chi connectivity index (χ4v) is 0.887. The monoisotopic (exact) mass is 178 g/mol. The number of ketones is 1. The van der Waals surface area contributed by atoms with Gasteiger partial charge in [0.15, 0.2) is 5.78 Å². The zero-order chi connectivity index (χ0) is 9.84. The molecule has 0 spiro atoms. The maximum atomic E-state index is 11.2. The van der Waals surface area contributed by atoms with Gasteiger partial charge < -0.3 is 4.57 Å². The highest BCUT2D eigenvalue weighted by Gasteiger charge is 2.02. The minimum absolute atomic E-state index is 0.0523. The van der Waals surface area contributed by atoms with Crippen LogP contribution in [0.5, 0.6) is 0 Å². The number of carbonyl (C=O) groups is 1. The molecule has 1 aromatic rings. The van der Waals surface area contributed by atoms with Crippen LogP contribution in [0.4, 0.5) is 0 Å². The first-order valence-electron chi connectivity index (χ1n) is 4.30. The molecule has 0 radical (unpaired) electrons. The number of hydrogen-bond donors (Lipinski definition) is 0. The van der Waals surface area contributed by atoms with Gasteiger partial charge in [-0.3, -0.25) is 4.79 Å². The number of aryl methyl sites for hydroxylation is 1. The smallest absolute Gasteiger partial charge is 0.158 e. The van der Waals surface area contributed by atoms with Crippen LogP contribution in [-0.4, -0.2) is 15.3 Å². The molecule has 0 saturated heterocycles. The molecular weight excluding hydrogens is 164 g/mol. The highest BCUT2D eigenvalue weighted by atomic mass is 16.1. The minimum Gasteiger partial charge on any atom is -0.335 e. The number of hydrogen-bond acceptors (Lipinski definition) is 2. The molecule has 13 heavy (non-hydrogen) atoms. The average Bonchev–Trinajstić information content (AvgIpc) is 2.47. The fraction of sp³-hybridized carbons (Fsp3) is 0.400. The number of aromatic nitrogens is 2. The van der Waals surface area contributed by atoms with Crippen molar-refractivity contribution in [1.29, 1.82) is 0 Å². The second-order valence-electron chi connectivity index (χ2n) is 3.29. The molecule has 0 amide bonds. The van der Waals surface area contributed by atoms with Crippen LogP contribution in [0.2, 0.25) is 0 Å². The largest absolute Gasteiger partial charge is 0.335 e. The van der Waals surface area contributed by atoms with Crippen molar-refractivity contribution in [3.8, 4) is 0 Å². The van der Waals surface area contributed by atoms with Crippen LogP contribution in [0, 0.1) is 5.92 Å². The molecule has 0 unspecified atom stereocenters. The SMILES string of the molecule is CC(C)C(=O)/C=C/c1nccn1C. The van der Waals surface area contributed by atoms with Gasteiger partial charge in [-0.15, -0.1) is 0 Å². The Balaban J connectivity index is 2.69. The van der Waals surface area contributed by atoms with Gasteiger partial charge in [0.1, 0.15) is 5.82 Å². The van der Waals surface area contributed by atoms with Gasteiger partial charge in [-0.25, -0.2) is 4.98 Å². The van der Waals surface area contributed by atoms with Crippen molar-refractivity contribution < 1.29 is 4.79 Å².